The highest BCUT2D eigenvalue weighted by Gasteiger charge is 2.20. The Morgan fingerprint density at radius 2 is 2.08 bits per heavy atom. The molecule has 1 saturated heterocycles. The average molecular weight is 366 g/mol. The van der Waals surface area contributed by atoms with Gasteiger partial charge in [-0.2, -0.15) is 0 Å². The lowest BCUT2D eigenvalue weighted by Crippen LogP contribution is -2.42. The number of ether oxygens (including phenoxy) is 1. The van der Waals surface area contributed by atoms with Gasteiger partial charge in [-0.15, -0.1) is 11.3 Å². The molecule has 1 fully saturated rings. The second-order valence-corrected chi connectivity index (χ2v) is 7.28. The van der Waals surface area contributed by atoms with Gasteiger partial charge in [0.1, 0.15) is 22.2 Å². The van der Waals surface area contributed by atoms with Crippen LogP contribution in [0.2, 0.25) is 5.02 Å². The predicted octanol–water partition coefficient (Wildman–Crippen LogP) is 3.17. The van der Waals surface area contributed by atoms with E-state index in [2.05, 4.69) is 15.6 Å². The maximum Gasteiger partial charge on any atom is 0.263 e. The van der Waals surface area contributed by atoms with E-state index in [1.807, 2.05) is 19.1 Å². The highest BCUT2D eigenvalue weighted by Crippen LogP contribution is 2.22. The summed E-state index contributed by atoms with van der Waals surface area (Å²) in [5.41, 5.74) is 0.751. The third kappa shape index (κ3) is 4.47. The maximum atomic E-state index is 12.4. The summed E-state index contributed by atoms with van der Waals surface area (Å²) >= 11 is 7.24. The van der Waals surface area contributed by atoms with Gasteiger partial charge < -0.3 is 15.4 Å². The smallest absolute Gasteiger partial charge is 0.263 e. The van der Waals surface area contributed by atoms with Crippen molar-refractivity contribution in [1.82, 2.24) is 15.6 Å². The Morgan fingerprint density at radius 1 is 1.38 bits per heavy atom. The van der Waals surface area contributed by atoms with Crippen molar-refractivity contribution >= 4 is 28.8 Å². The number of thiazole rings is 1. The van der Waals surface area contributed by atoms with Gasteiger partial charge in [-0.1, -0.05) is 11.6 Å². The van der Waals surface area contributed by atoms with Crippen LogP contribution in [-0.4, -0.2) is 30.0 Å². The summed E-state index contributed by atoms with van der Waals surface area (Å²) in [5, 5.41) is 7.86. The number of amides is 1. The van der Waals surface area contributed by atoms with Crippen LogP contribution in [0.5, 0.6) is 5.75 Å². The minimum atomic E-state index is -0.0327. The fourth-order valence-corrected chi connectivity index (χ4v) is 3.62. The number of hydrogen-bond donors (Lipinski definition) is 2. The third-order valence-electron chi connectivity index (χ3n) is 3.90. The summed E-state index contributed by atoms with van der Waals surface area (Å²) in [6.45, 7) is 4.10. The number of nitrogens with one attached hydrogen (secondary N) is 2. The average Bonchev–Trinajstić information content (AvgIpc) is 2.96. The lowest BCUT2D eigenvalue weighted by atomic mass is 10.1. The molecule has 2 heterocycles. The maximum absolute atomic E-state index is 12.4. The van der Waals surface area contributed by atoms with Crippen molar-refractivity contribution in [1.29, 1.82) is 0 Å². The van der Waals surface area contributed by atoms with Gasteiger partial charge in [0.2, 0.25) is 0 Å². The molecule has 1 aromatic heterocycles. The molecule has 2 aromatic rings. The number of nitrogens with zero attached hydrogens (tertiary/aromatic N) is 1. The van der Waals surface area contributed by atoms with Crippen LogP contribution in [0, 0.1) is 6.92 Å². The monoisotopic (exact) mass is 365 g/mol. The summed E-state index contributed by atoms with van der Waals surface area (Å²) in [7, 11) is 0. The largest absolute Gasteiger partial charge is 0.486 e. The molecule has 1 aliphatic rings. The Labute approximate surface area is 150 Å². The molecule has 0 spiro atoms. The molecule has 0 atom stereocenters. The highest BCUT2D eigenvalue weighted by molar-refractivity contribution is 7.13. The molecule has 1 aromatic carbocycles. The van der Waals surface area contributed by atoms with Crippen LogP contribution in [0.15, 0.2) is 24.3 Å². The second-order valence-electron chi connectivity index (χ2n) is 5.76. The quantitative estimate of drug-likeness (QED) is 0.854. The van der Waals surface area contributed by atoms with Crippen molar-refractivity contribution in [3.05, 3.63) is 44.9 Å². The van der Waals surface area contributed by atoms with Gasteiger partial charge in [0.05, 0.1) is 5.69 Å². The summed E-state index contributed by atoms with van der Waals surface area (Å²) in [6.07, 6.45) is 1.94. The zero-order chi connectivity index (χ0) is 16.9. The van der Waals surface area contributed by atoms with Crippen LogP contribution < -0.4 is 15.4 Å². The first-order chi connectivity index (χ1) is 11.6. The molecule has 2 N–H and O–H groups in total. The van der Waals surface area contributed by atoms with E-state index < -0.39 is 0 Å². The van der Waals surface area contributed by atoms with Gasteiger partial charge >= 0.3 is 0 Å². The highest BCUT2D eigenvalue weighted by atomic mass is 35.5. The van der Waals surface area contributed by atoms with Crippen LogP contribution in [0.3, 0.4) is 0 Å². The van der Waals surface area contributed by atoms with E-state index in [1.165, 1.54) is 11.3 Å². The number of benzene rings is 1. The molecule has 0 saturated carbocycles. The standard InChI is InChI=1S/C17H20ClN3O2S/c1-11-16(17(22)21-13-6-8-19-9-7-13)24-15(20-11)10-23-14-4-2-12(18)3-5-14/h2-5,13,19H,6-10H2,1H3,(H,21,22). The summed E-state index contributed by atoms with van der Waals surface area (Å²) in [4.78, 5) is 17.6. The van der Waals surface area contributed by atoms with Crippen molar-refractivity contribution in [2.24, 2.45) is 0 Å². The minimum Gasteiger partial charge on any atom is -0.486 e. The number of aryl methyl sites for hydroxylation is 1. The Balaban J connectivity index is 1.59. The molecular formula is C17H20ClN3O2S. The molecule has 5 nitrogen and oxygen atoms in total. The first-order valence-electron chi connectivity index (χ1n) is 7.98. The SMILES string of the molecule is Cc1nc(COc2ccc(Cl)cc2)sc1C(=O)NC1CCNCC1. The van der Waals surface area contributed by atoms with Crippen LogP contribution in [0.1, 0.15) is 33.2 Å². The first-order valence-corrected chi connectivity index (χ1v) is 9.17. The lowest BCUT2D eigenvalue weighted by Gasteiger charge is -2.23. The van der Waals surface area contributed by atoms with Crippen molar-refractivity contribution in [3.8, 4) is 5.75 Å². The van der Waals surface area contributed by atoms with E-state index in [0.717, 1.165) is 42.4 Å². The fourth-order valence-electron chi connectivity index (χ4n) is 2.62. The minimum absolute atomic E-state index is 0.0327. The second kappa shape index (κ2) is 7.96. The molecule has 0 aliphatic carbocycles. The zero-order valence-corrected chi connectivity index (χ0v) is 15.0. The predicted molar refractivity (Wildman–Crippen MR) is 96.0 cm³/mol. The van der Waals surface area contributed by atoms with Gasteiger partial charge in [0.25, 0.3) is 5.91 Å². The van der Waals surface area contributed by atoms with Gasteiger partial charge in [-0.25, -0.2) is 4.98 Å². The van der Waals surface area contributed by atoms with E-state index in [0.29, 0.717) is 16.5 Å². The van der Waals surface area contributed by atoms with Gasteiger partial charge in [-0.05, 0) is 57.1 Å². The van der Waals surface area contributed by atoms with Crippen LogP contribution in [-0.2, 0) is 6.61 Å². The zero-order valence-electron chi connectivity index (χ0n) is 13.5. The van der Waals surface area contributed by atoms with Gasteiger partial charge in [-0.3, -0.25) is 4.79 Å². The van der Waals surface area contributed by atoms with Crippen molar-refractivity contribution in [3.63, 3.8) is 0 Å². The number of piperidine rings is 1. The number of hydrogen-bond acceptors (Lipinski definition) is 5. The van der Waals surface area contributed by atoms with Crippen molar-refractivity contribution in [2.75, 3.05) is 13.1 Å². The molecule has 0 radical (unpaired) electrons. The molecular weight excluding hydrogens is 346 g/mol. The van der Waals surface area contributed by atoms with E-state index in [4.69, 9.17) is 16.3 Å². The number of aromatic nitrogens is 1. The number of rotatable bonds is 5. The Bertz CT molecular complexity index is 696. The van der Waals surface area contributed by atoms with E-state index in [9.17, 15) is 4.79 Å². The molecule has 24 heavy (non-hydrogen) atoms. The van der Waals surface area contributed by atoms with E-state index in [1.54, 1.807) is 12.1 Å². The van der Waals surface area contributed by atoms with Crippen molar-refractivity contribution < 1.29 is 9.53 Å². The normalized spacial score (nSPS) is 15.2. The van der Waals surface area contributed by atoms with Gasteiger partial charge in [0, 0.05) is 11.1 Å². The van der Waals surface area contributed by atoms with Crippen LogP contribution in [0.25, 0.3) is 0 Å². The van der Waals surface area contributed by atoms with E-state index >= 15 is 0 Å². The molecule has 1 aliphatic heterocycles. The summed E-state index contributed by atoms with van der Waals surface area (Å²) in [6, 6.07) is 7.43. The topological polar surface area (TPSA) is 63.2 Å². The van der Waals surface area contributed by atoms with Crippen LogP contribution >= 0.6 is 22.9 Å². The number of halogens is 1. The van der Waals surface area contributed by atoms with Crippen molar-refractivity contribution in [2.45, 2.75) is 32.4 Å². The number of carbonyl (C=O) groups excluding carboxylic acids is 1. The fraction of sp³-hybridized carbons (Fsp3) is 0.412. The van der Waals surface area contributed by atoms with E-state index in [-0.39, 0.29) is 11.9 Å². The summed E-state index contributed by atoms with van der Waals surface area (Å²) < 4.78 is 5.69. The number of carbonyl (C=O) groups is 1. The molecule has 0 unspecified atom stereocenters. The summed E-state index contributed by atoms with van der Waals surface area (Å²) in [5.74, 6) is 0.697. The Kier molecular flexibility index (Phi) is 5.71. The Morgan fingerprint density at radius 3 is 2.79 bits per heavy atom. The molecule has 128 valence electrons. The van der Waals surface area contributed by atoms with Gasteiger partial charge in [0.15, 0.2) is 0 Å². The third-order valence-corrected chi connectivity index (χ3v) is 5.28. The van der Waals surface area contributed by atoms with Crippen LogP contribution in [0.4, 0.5) is 0 Å². The molecule has 0 bridgehead atoms. The molecule has 7 heteroatoms. The Hall–Kier alpha value is -1.63. The first kappa shape index (κ1) is 17.2. The molecule has 1 amide bonds. The molecule has 3 rings (SSSR count). The lowest BCUT2D eigenvalue weighted by molar-refractivity contribution is 0.0933.